The van der Waals surface area contributed by atoms with Gasteiger partial charge < -0.3 is 0 Å². The van der Waals surface area contributed by atoms with Crippen molar-refractivity contribution < 1.29 is 0 Å². The molecule has 1 aliphatic rings. The van der Waals surface area contributed by atoms with Gasteiger partial charge in [-0.05, 0) is 21.7 Å². The third kappa shape index (κ3) is 3.16. The summed E-state index contributed by atoms with van der Waals surface area (Å²) in [4.78, 5) is 0. The van der Waals surface area contributed by atoms with Crippen molar-refractivity contribution in [3.05, 3.63) is 0 Å². The van der Waals surface area contributed by atoms with E-state index in [9.17, 15) is 0 Å². The highest BCUT2D eigenvalue weighted by Crippen LogP contribution is 2.68. The molecule has 0 N–H and O–H groups in total. The topological polar surface area (TPSA) is 0 Å². The van der Waals surface area contributed by atoms with Gasteiger partial charge in [0.25, 0.3) is 0 Å². The molecule has 0 aromatic rings. The van der Waals surface area contributed by atoms with E-state index in [4.69, 9.17) is 24.4 Å². The quantitative estimate of drug-likeness (QED) is 0.378. The first-order valence-corrected chi connectivity index (χ1v) is 11.2. The fourth-order valence-electron chi connectivity index (χ4n) is 4.59. The Balaban J connectivity index is 3.69. The van der Waals surface area contributed by atoms with Gasteiger partial charge in [0.15, 0.2) is 0 Å². The summed E-state index contributed by atoms with van der Waals surface area (Å²) in [5.74, 6) is 0. The lowest BCUT2D eigenvalue weighted by Gasteiger charge is -2.63. The van der Waals surface area contributed by atoms with Crippen molar-refractivity contribution in [2.45, 2.75) is 92.6 Å². The van der Waals surface area contributed by atoms with Crippen LogP contribution in [0.5, 0.6) is 0 Å². The van der Waals surface area contributed by atoms with Crippen molar-refractivity contribution in [3.63, 3.8) is 0 Å². The molecule has 24 heavy (non-hydrogen) atoms. The Morgan fingerprint density at radius 2 is 0.667 bits per heavy atom. The number of hydrogen-bond acceptors (Lipinski definition) is 4. The molecule has 1 rings (SSSR count). The second-order valence-corrected chi connectivity index (χ2v) is 14.9. The molecular formula is C20H36S4. The summed E-state index contributed by atoms with van der Waals surface area (Å²) in [6.45, 7) is 27.7. The summed E-state index contributed by atoms with van der Waals surface area (Å²) in [5.41, 5.74) is 0.135. The molecule has 1 fully saturated rings. The van der Waals surface area contributed by atoms with Crippen LogP contribution >= 0.6 is 48.0 Å². The van der Waals surface area contributed by atoms with Crippen LogP contribution in [-0.2, 0) is 0 Å². The highest BCUT2D eigenvalue weighted by molar-refractivity contribution is 8.35. The first kappa shape index (κ1) is 22.9. The van der Waals surface area contributed by atoms with E-state index in [1.807, 2.05) is 23.5 Å². The minimum Gasteiger partial charge on any atom is -0.103 e. The van der Waals surface area contributed by atoms with Crippen LogP contribution in [0.15, 0.2) is 0 Å². The van der Waals surface area contributed by atoms with Crippen LogP contribution in [0.4, 0.5) is 0 Å². The second kappa shape index (κ2) is 6.21. The van der Waals surface area contributed by atoms with Crippen molar-refractivity contribution in [1.29, 1.82) is 0 Å². The van der Waals surface area contributed by atoms with Crippen molar-refractivity contribution in [1.82, 2.24) is 0 Å². The minimum atomic E-state index is -0.156. The Hall–Kier alpha value is 0.880. The molecule has 0 nitrogen and oxygen atoms in total. The number of hydrogen-bond donors (Lipinski definition) is 0. The maximum absolute atomic E-state index is 6.16. The van der Waals surface area contributed by atoms with Gasteiger partial charge in [-0.1, -0.05) is 108 Å². The molecule has 0 unspecified atom stereocenters. The van der Waals surface area contributed by atoms with E-state index in [0.29, 0.717) is 0 Å². The molecule has 0 aliphatic carbocycles. The Labute approximate surface area is 170 Å². The average molecular weight is 405 g/mol. The lowest BCUT2D eigenvalue weighted by atomic mass is 9.65. The third-order valence-corrected chi connectivity index (χ3v) is 11.4. The molecule has 0 spiro atoms. The van der Waals surface area contributed by atoms with Gasteiger partial charge in [-0.25, -0.2) is 0 Å². The van der Waals surface area contributed by atoms with Crippen molar-refractivity contribution in [3.8, 4) is 0 Å². The zero-order chi connectivity index (χ0) is 19.6. The van der Waals surface area contributed by atoms with Gasteiger partial charge in [0.05, 0.1) is 17.9 Å². The first-order chi connectivity index (χ1) is 10.3. The van der Waals surface area contributed by atoms with E-state index in [0.717, 1.165) is 8.39 Å². The third-order valence-electron chi connectivity index (χ3n) is 5.29. The van der Waals surface area contributed by atoms with Crippen LogP contribution in [0.3, 0.4) is 0 Å². The fourth-order valence-corrected chi connectivity index (χ4v) is 10.8. The summed E-state index contributed by atoms with van der Waals surface area (Å²) < 4.78 is 1.92. The molecule has 0 atom stereocenters. The van der Waals surface area contributed by atoms with E-state index in [2.05, 4.69) is 83.1 Å². The first-order valence-electron chi connectivity index (χ1n) is 8.72. The number of thiocarbonyl (C=S) groups is 2. The summed E-state index contributed by atoms with van der Waals surface area (Å²) in [6, 6.07) is 0. The van der Waals surface area contributed by atoms with Gasteiger partial charge in [-0.15, -0.1) is 23.5 Å². The lowest BCUT2D eigenvalue weighted by molar-refractivity contribution is 0.194. The molecule has 0 aromatic carbocycles. The smallest absolute Gasteiger partial charge is 0.0719 e. The zero-order valence-electron chi connectivity index (χ0n) is 17.6. The van der Waals surface area contributed by atoms with Crippen LogP contribution in [0.25, 0.3) is 0 Å². The SMILES string of the molecule is CC(C)(C)C1(C(C)(C)C)SC(=S)C(C(C)(C)C)(C(C)(C)C)SC1=S. The van der Waals surface area contributed by atoms with Crippen molar-refractivity contribution in [2.75, 3.05) is 0 Å². The molecule has 0 bridgehead atoms. The number of thioether (sulfide) groups is 2. The van der Waals surface area contributed by atoms with Crippen LogP contribution in [0.2, 0.25) is 0 Å². The Bertz CT molecular complexity index is 452. The van der Waals surface area contributed by atoms with Crippen LogP contribution in [-0.4, -0.2) is 17.9 Å². The molecule has 0 amide bonds. The Kier molecular flexibility index (Phi) is 5.93. The summed E-state index contributed by atoms with van der Waals surface area (Å²) in [7, 11) is 0. The molecule has 1 aliphatic heterocycles. The van der Waals surface area contributed by atoms with E-state index < -0.39 is 0 Å². The highest BCUT2D eigenvalue weighted by atomic mass is 32.2. The predicted octanol–water partition coefficient (Wildman–Crippen LogP) is 7.78. The normalized spacial score (nSPS) is 22.7. The van der Waals surface area contributed by atoms with Gasteiger partial charge in [0.2, 0.25) is 0 Å². The van der Waals surface area contributed by atoms with Gasteiger partial charge in [0.1, 0.15) is 0 Å². The zero-order valence-corrected chi connectivity index (χ0v) is 20.9. The summed E-state index contributed by atoms with van der Waals surface area (Å²) in [6.07, 6.45) is 0. The van der Waals surface area contributed by atoms with E-state index in [-0.39, 0.29) is 31.2 Å². The Morgan fingerprint density at radius 1 is 0.500 bits per heavy atom. The standard InChI is InChI=1S/C20H36S4/c1-15(2,3)19(16(4,5)6)13(21)24-20(14(22)23-19,17(7,8)9)18(10,11)12/h1-12H3. The molecule has 4 heteroatoms. The number of rotatable bonds is 0. The molecule has 0 saturated carbocycles. The molecule has 0 aromatic heterocycles. The van der Waals surface area contributed by atoms with Gasteiger partial charge in [0, 0.05) is 0 Å². The van der Waals surface area contributed by atoms with Gasteiger partial charge in [-0.3, -0.25) is 0 Å². The van der Waals surface area contributed by atoms with E-state index in [1.165, 1.54) is 0 Å². The highest BCUT2D eigenvalue weighted by Gasteiger charge is 2.66. The van der Waals surface area contributed by atoms with Gasteiger partial charge in [-0.2, -0.15) is 0 Å². The minimum absolute atomic E-state index is 0.0337. The van der Waals surface area contributed by atoms with E-state index in [1.54, 1.807) is 0 Å². The largest absolute Gasteiger partial charge is 0.103 e. The molecule has 1 saturated heterocycles. The maximum Gasteiger partial charge on any atom is 0.0719 e. The van der Waals surface area contributed by atoms with Crippen LogP contribution < -0.4 is 0 Å². The van der Waals surface area contributed by atoms with Crippen LogP contribution in [0, 0.1) is 21.7 Å². The van der Waals surface area contributed by atoms with E-state index >= 15 is 0 Å². The van der Waals surface area contributed by atoms with Crippen molar-refractivity contribution >= 4 is 56.4 Å². The molecule has 0 radical (unpaired) electrons. The maximum atomic E-state index is 6.16. The second-order valence-electron chi connectivity index (χ2n) is 11.1. The lowest BCUT2D eigenvalue weighted by Crippen LogP contribution is -2.65. The average Bonchev–Trinajstić information content (AvgIpc) is 2.24. The van der Waals surface area contributed by atoms with Crippen molar-refractivity contribution in [2.24, 2.45) is 21.7 Å². The van der Waals surface area contributed by atoms with Gasteiger partial charge >= 0.3 is 0 Å². The molecule has 140 valence electrons. The van der Waals surface area contributed by atoms with Crippen LogP contribution in [0.1, 0.15) is 83.1 Å². The predicted molar refractivity (Wildman–Crippen MR) is 124 cm³/mol. The summed E-state index contributed by atoms with van der Waals surface area (Å²) in [5, 5.41) is 0. The monoisotopic (exact) mass is 404 g/mol. The molecule has 1 heterocycles. The fraction of sp³-hybridized carbons (Fsp3) is 0.900. The summed E-state index contributed by atoms with van der Waals surface area (Å²) >= 11 is 16.1. The Morgan fingerprint density at radius 3 is 0.792 bits per heavy atom. The molecular weight excluding hydrogens is 368 g/mol.